The molecule has 2 aliphatic heterocycles. The Kier molecular flexibility index (Phi) is 5.54. The highest BCUT2D eigenvalue weighted by Crippen LogP contribution is 2.43. The van der Waals surface area contributed by atoms with Gasteiger partial charge in [-0.15, -0.1) is 11.3 Å². The van der Waals surface area contributed by atoms with Crippen molar-refractivity contribution >= 4 is 17.2 Å². The van der Waals surface area contributed by atoms with Crippen LogP contribution in [0.2, 0.25) is 0 Å². The topological polar surface area (TPSA) is 62.7 Å². The van der Waals surface area contributed by atoms with Gasteiger partial charge in [0.15, 0.2) is 0 Å². The zero-order chi connectivity index (χ0) is 19.6. The van der Waals surface area contributed by atoms with Crippen molar-refractivity contribution in [3.05, 3.63) is 52.0 Å². The number of aromatic nitrogens is 1. The maximum Gasteiger partial charge on any atom is 0.231 e. The number of ether oxygens (including phenoxy) is 1. The van der Waals surface area contributed by atoms with Crippen molar-refractivity contribution in [1.29, 1.82) is 0 Å². The minimum Gasteiger partial charge on any atom is -0.395 e. The molecule has 0 saturated carbocycles. The molecule has 28 heavy (non-hydrogen) atoms. The Labute approximate surface area is 170 Å². The van der Waals surface area contributed by atoms with E-state index >= 15 is 0 Å². The maximum atomic E-state index is 13.3. The summed E-state index contributed by atoms with van der Waals surface area (Å²) in [5.74, 6) is 0.0921. The molecule has 2 aromatic rings. The molecular formula is C22H28N2O3S. The number of rotatable bonds is 4. The molecule has 150 valence electrons. The Balaban J connectivity index is 1.58. The fourth-order valence-electron chi connectivity index (χ4n) is 4.66. The number of likely N-dealkylation sites (tertiary alicyclic amines) is 1. The molecule has 2 saturated heterocycles. The molecule has 0 atom stereocenters. The van der Waals surface area contributed by atoms with Crippen LogP contribution in [0.1, 0.15) is 41.9 Å². The van der Waals surface area contributed by atoms with Crippen LogP contribution in [0.5, 0.6) is 0 Å². The zero-order valence-electron chi connectivity index (χ0n) is 16.4. The van der Waals surface area contributed by atoms with Crippen LogP contribution in [0, 0.1) is 12.3 Å². The van der Waals surface area contributed by atoms with Gasteiger partial charge in [-0.3, -0.25) is 4.79 Å². The summed E-state index contributed by atoms with van der Waals surface area (Å²) < 4.78 is 5.43. The molecule has 1 aromatic heterocycles. The molecule has 0 bridgehead atoms. The van der Waals surface area contributed by atoms with Gasteiger partial charge in [-0.2, -0.15) is 0 Å². The van der Waals surface area contributed by atoms with Gasteiger partial charge in [0.05, 0.1) is 22.7 Å². The Bertz CT molecular complexity index is 806. The van der Waals surface area contributed by atoms with Crippen LogP contribution in [0.3, 0.4) is 0 Å². The molecule has 2 aliphatic rings. The lowest BCUT2D eigenvalue weighted by molar-refractivity contribution is -0.153. The van der Waals surface area contributed by atoms with Crippen molar-refractivity contribution in [1.82, 2.24) is 9.88 Å². The van der Waals surface area contributed by atoms with E-state index in [1.165, 1.54) is 5.56 Å². The summed E-state index contributed by atoms with van der Waals surface area (Å²) in [5.41, 5.74) is 1.58. The summed E-state index contributed by atoms with van der Waals surface area (Å²) in [6, 6.07) is 10.6. The molecule has 4 rings (SSSR count). The number of benzene rings is 1. The van der Waals surface area contributed by atoms with E-state index in [1.54, 1.807) is 11.3 Å². The Morgan fingerprint density at radius 3 is 2.43 bits per heavy atom. The smallest absolute Gasteiger partial charge is 0.231 e. The average Bonchev–Trinajstić information content (AvgIpc) is 3.21. The summed E-state index contributed by atoms with van der Waals surface area (Å²) in [5, 5.41) is 13.2. The lowest BCUT2D eigenvalue weighted by atomic mass is 9.70. The first-order valence-electron chi connectivity index (χ1n) is 10.1. The molecule has 0 aliphatic carbocycles. The van der Waals surface area contributed by atoms with Crippen molar-refractivity contribution in [2.45, 2.75) is 38.0 Å². The first-order valence-corrected chi connectivity index (χ1v) is 10.9. The number of aliphatic hydroxyl groups excluding tert-OH is 1. The number of hydrogen-bond acceptors (Lipinski definition) is 5. The lowest BCUT2D eigenvalue weighted by Crippen LogP contribution is -2.53. The van der Waals surface area contributed by atoms with Crippen LogP contribution in [0.25, 0.3) is 0 Å². The Morgan fingerprint density at radius 1 is 1.18 bits per heavy atom. The minimum absolute atomic E-state index is 0.0921. The van der Waals surface area contributed by atoms with Gasteiger partial charge in [-0.25, -0.2) is 4.98 Å². The molecule has 5 nitrogen and oxygen atoms in total. The van der Waals surface area contributed by atoms with Gasteiger partial charge in [0, 0.05) is 37.1 Å². The number of nitrogens with zero attached hydrogens (tertiary/aromatic N) is 2. The monoisotopic (exact) mass is 400 g/mol. The van der Waals surface area contributed by atoms with E-state index in [9.17, 15) is 9.90 Å². The third-order valence-corrected chi connectivity index (χ3v) is 7.32. The quantitative estimate of drug-likeness (QED) is 0.856. The number of carbonyl (C=O) groups excluding carboxylic acids is 1. The van der Waals surface area contributed by atoms with E-state index in [2.05, 4.69) is 29.6 Å². The number of carbonyl (C=O) groups is 1. The predicted octanol–water partition coefficient (Wildman–Crippen LogP) is 3.15. The van der Waals surface area contributed by atoms with Crippen LogP contribution in [0.15, 0.2) is 35.7 Å². The van der Waals surface area contributed by atoms with Gasteiger partial charge in [0.2, 0.25) is 5.91 Å². The van der Waals surface area contributed by atoms with E-state index in [0.717, 1.165) is 23.5 Å². The Morgan fingerprint density at radius 2 is 1.86 bits per heavy atom. The van der Waals surface area contributed by atoms with Crippen LogP contribution in [-0.4, -0.2) is 53.8 Å². The number of aliphatic hydroxyl groups is 1. The first-order chi connectivity index (χ1) is 13.6. The van der Waals surface area contributed by atoms with Crippen molar-refractivity contribution in [2.75, 3.05) is 32.9 Å². The van der Waals surface area contributed by atoms with Gasteiger partial charge in [0.1, 0.15) is 0 Å². The molecule has 0 radical (unpaired) electrons. The molecule has 1 amide bonds. The van der Waals surface area contributed by atoms with Crippen LogP contribution in [-0.2, 0) is 14.9 Å². The van der Waals surface area contributed by atoms with Crippen molar-refractivity contribution in [2.24, 2.45) is 5.41 Å². The summed E-state index contributed by atoms with van der Waals surface area (Å²) in [6.45, 7) is 4.42. The lowest BCUT2D eigenvalue weighted by Gasteiger charge is -2.45. The van der Waals surface area contributed by atoms with Crippen LogP contribution >= 0.6 is 11.3 Å². The molecule has 0 unspecified atom stereocenters. The molecular weight excluding hydrogens is 372 g/mol. The van der Waals surface area contributed by atoms with Crippen molar-refractivity contribution in [3.63, 3.8) is 0 Å². The third-order valence-electron chi connectivity index (χ3n) is 6.55. The zero-order valence-corrected chi connectivity index (χ0v) is 17.2. The van der Waals surface area contributed by atoms with Crippen molar-refractivity contribution in [3.8, 4) is 0 Å². The van der Waals surface area contributed by atoms with Gasteiger partial charge in [-0.1, -0.05) is 30.3 Å². The second-order valence-electron chi connectivity index (χ2n) is 8.04. The predicted molar refractivity (Wildman–Crippen MR) is 109 cm³/mol. The molecule has 0 spiro atoms. The number of hydrogen-bond donors (Lipinski definition) is 1. The van der Waals surface area contributed by atoms with Crippen molar-refractivity contribution < 1.29 is 14.6 Å². The third kappa shape index (κ3) is 3.38. The summed E-state index contributed by atoms with van der Waals surface area (Å²) >= 11 is 1.69. The second-order valence-corrected chi connectivity index (χ2v) is 9.11. The van der Waals surface area contributed by atoms with Gasteiger partial charge >= 0.3 is 0 Å². The average molecular weight is 401 g/mol. The fourth-order valence-corrected chi connectivity index (χ4v) is 5.37. The SMILES string of the molecule is Cc1nc(C2(c3ccccc3)CCN(C(=O)C3(CO)CCOCC3)CC2)cs1. The largest absolute Gasteiger partial charge is 0.395 e. The number of aryl methyl sites for hydroxylation is 1. The maximum absolute atomic E-state index is 13.3. The highest BCUT2D eigenvalue weighted by atomic mass is 32.1. The summed E-state index contributed by atoms with van der Waals surface area (Å²) in [7, 11) is 0. The van der Waals surface area contributed by atoms with Crippen LogP contribution in [0.4, 0.5) is 0 Å². The second kappa shape index (κ2) is 7.93. The van der Waals surface area contributed by atoms with E-state index in [4.69, 9.17) is 9.72 Å². The van der Waals surface area contributed by atoms with E-state index < -0.39 is 5.41 Å². The van der Waals surface area contributed by atoms with E-state index in [1.807, 2.05) is 17.9 Å². The fraction of sp³-hybridized carbons (Fsp3) is 0.545. The molecule has 6 heteroatoms. The standard InChI is InChI=1S/C22H28N2O3S/c1-17-23-19(15-28-17)22(18-5-3-2-4-6-18)7-11-24(12-8-22)20(26)21(16-25)9-13-27-14-10-21/h2-6,15,25H,7-14,16H2,1H3. The highest BCUT2D eigenvalue weighted by Gasteiger charge is 2.46. The van der Waals surface area contributed by atoms with E-state index in [0.29, 0.717) is 39.1 Å². The Hall–Kier alpha value is -1.76. The normalized spacial score (nSPS) is 21.4. The highest BCUT2D eigenvalue weighted by molar-refractivity contribution is 7.09. The molecule has 2 fully saturated rings. The molecule has 1 N–H and O–H groups in total. The number of amides is 1. The summed E-state index contributed by atoms with van der Waals surface area (Å²) in [4.78, 5) is 20.1. The number of thiazole rings is 1. The minimum atomic E-state index is -0.664. The summed E-state index contributed by atoms with van der Waals surface area (Å²) in [6.07, 6.45) is 2.91. The van der Waals surface area contributed by atoms with Gasteiger partial charge in [-0.05, 0) is 38.2 Å². The number of piperidine rings is 1. The first kappa shape index (κ1) is 19.6. The van der Waals surface area contributed by atoms with Gasteiger partial charge < -0.3 is 14.7 Å². The molecule has 3 heterocycles. The van der Waals surface area contributed by atoms with Gasteiger partial charge in [0.25, 0.3) is 0 Å². The van der Waals surface area contributed by atoms with Crippen LogP contribution < -0.4 is 0 Å². The molecule has 1 aromatic carbocycles. The van der Waals surface area contributed by atoms with E-state index in [-0.39, 0.29) is 17.9 Å².